The van der Waals surface area contributed by atoms with Crippen LogP contribution in [0, 0.1) is 6.92 Å². The van der Waals surface area contributed by atoms with E-state index >= 15 is 0 Å². The van der Waals surface area contributed by atoms with E-state index in [2.05, 4.69) is 0 Å². The Morgan fingerprint density at radius 1 is 1.36 bits per heavy atom. The van der Waals surface area contributed by atoms with Crippen LogP contribution in [0.5, 0.6) is 5.75 Å². The second kappa shape index (κ2) is 3.79. The zero-order chi connectivity index (χ0) is 10.9. The van der Waals surface area contributed by atoms with E-state index in [1.54, 1.807) is 6.07 Å². The lowest BCUT2D eigenvalue weighted by atomic mass is 9.84. The maximum absolute atomic E-state index is 9.53. The SMILES string of the molecule is Cc1cc(O)c(Cl)c(C(C)(C)CO)c1. The molecule has 0 spiro atoms. The van der Waals surface area contributed by atoms with Gasteiger partial charge in [-0.25, -0.2) is 0 Å². The van der Waals surface area contributed by atoms with Gasteiger partial charge in [0.25, 0.3) is 0 Å². The Bertz CT molecular complexity index is 345. The summed E-state index contributed by atoms with van der Waals surface area (Å²) in [5, 5.41) is 19.1. The first kappa shape index (κ1) is 11.3. The van der Waals surface area contributed by atoms with Gasteiger partial charge in [0.15, 0.2) is 0 Å². The van der Waals surface area contributed by atoms with E-state index in [0.717, 1.165) is 11.1 Å². The fraction of sp³-hybridized carbons (Fsp3) is 0.455. The van der Waals surface area contributed by atoms with Crippen LogP contribution in [0.15, 0.2) is 12.1 Å². The first-order valence-electron chi connectivity index (χ1n) is 4.49. The third-order valence-corrected chi connectivity index (χ3v) is 2.72. The summed E-state index contributed by atoms with van der Waals surface area (Å²) in [5.41, 5.74) is 1.28. The third kappa shape index (κ3) is 2.02. The average Bonchev–Trinajstić information content (AvgIpc) is 2.11. The maximum Gasteiger partial charge on any atom is 0.134 e. The molecule has 0 saturated carbocycles. The molecule has 1 aromatic carbocycles. The molecule has 0 heterocycles. The standard InChI is InChI=1S/C11H15ClO2/c1-7-4-8(11(2,3)6-13)10(12)9(14)5-7/h4-5,13-14H,6H2,1-3H3. The van der Waals surface area contributed by atoms with E-state index in [1.165, 1.54) is 0 Å². The Balaban J connectivity index is 3.34. The fourth-order valence-corrected chi connectivity index (χ4v) is 1.69. The monoisotopic (exact) mass is 214 g/mol. The van der Waals surface area contributed by atoms with E-state index in [0.29, 0.717) is 5.02 Å². The zero-order valence-corrected chi connectivity index (χ0v) is 9.39. The van der Waals surface area contributed by atoms with E-state index in [4.69, 9.17) is 11.6 Å². The molecule has 0 unspecified atom stereocenters. The Morgan fingerprint density at radius 2 is 1.93 bits per heavy atom. The summed E-state index contributed by atoms with van der Waals surface area (Å²) in [4.78, 5) is 0. The highest BCUT2D eigenvalue weighted by Gasteiger charge is 2.24. The number of halogens is 1. The van der Waals surface area contributed by atoms with Crippen molar-refractivity contribution in [1.82, 2.24) is 0 Å². The topological polar surface area (TPSA) is 40.5 Å². The van der Waals surface area contributed by atoms with Gasteiger partial charge in [-0.2, -0.15) is 0 Å². The van der Waals surface area contributed by atoms with E-state index in [-0.39, 0.29) is 12.4 Å². The van der Waals surface area contributed by atoms with Crippen LogP contribution < -0.4 is 0 Å². The van der Waals surface area contributed by atoms with Crippen molar-refractivity contribution >= 4 is 11.6 Å². The van der Waals surface area contributed by atoms with Crippen LogP contribution in [0.2, 0.25) is 5.02 Å². The van der Waals surface area contributed by atoms with Gasteiger partial charge in [-0.1, -0.05) is 31.5 Å². The van der Waals surface area contributed by atoms with Crippen LogP contribution in [-0.4, -0.2) is 16.8 Å². The van der Waals surface area contributed by atoms with Crippen LogP contribution >= 0.6 is 11.6 Å². The van der Waals surface area contributed by atoms with E-state index < -0.39 is 5.41 Å². The molecule has 2 N–H and O–H groups in total. The number of phenols is 1. The lowest BCUT2D eigenvalue weighted by Gasteiger charge is -2.24. The van der Waals surface area contributed by atoms with Crippen molar-refractivity contribution in [2.75, 3.05) is 6.61 Å². The van der Waals surface area contributed by atoms with Gasteiger partial charge in [-0.15, -0.1) is 0 Å². The molecular formula is C11H15ClO2. The van der Waals surface area contributed by atoms with Gasteiger partial charge in [-0.3, -0.25) is 0 Å². The highest BCUT2D eigenvalue weighted by molar-refractivity contribution is 6.32. The van der Waals surface area contributed by atoms with Gasteiger partial charge in [0.05, 0.1) is 11.6 Å². The third-order valence-electron chi connectivity index (χ3n) is 2.32. The number of hydrogen-bond acceptors (Lipinski definition) is 2. The smallest absolute Gasteiger partial charge is 0.134 e. The molecule has 0 radical (unpaired) electrons. The molecule has 0 atom stereocenters. The zero-order valence-electron chi connectivity index (χ0n) is 8.63. The fourth-order valence-electron chi connectivity index (χ4n) is 1.33. The van der Waals surface area contributed by atoms with E-state index in [1.807, 2.05) is 26.8 Å². The maximum atomic E-state index is 9.53. The second-order valence-corrected chi connectivity index (χ2v) is 4.57. The molecule has 1 rings (SSSR count). The van der Waals surface area contributed by atoms with Crippen LogP contribution in [0.1, 0.15) is 25.0 Å². The highest BCUT2D eigenvalue weighted by atomic mass is 35.5. The van der Waals surface area contributed by atoms with Crippen molar-refractivity contribution in [2.24, 2.45) is 0 Å². The first-order valence-corrected chi connectivity index (χ1v) is 4.87. The first-order chi connectivity index (χ1) is 6.38. The van der Waals surface area contributed by atoms with Gasteiger partial charge < -0.3 is 10.2 Å². The van der Waals surface area contributed by atoms with Crippen molar-refractivity contribution in [2.45, 2.75) is 26.2 Å². The normalized spacial score (nSPS) is 11.8. The van der Waals surface area contributed by atoms with Crippen LogP contribution in [0.4, 0.5) is 0 Å². The number of phenolic OH excluding ortho intramolecular Hbond substituents is 1. The summed E-state index contributed by atoms with van der Waals surface area (Å²) in [6.07, 6.45) is 0. The van der Waals surface area contributed by atoms with Gasteiger partial charge >= 0.3 is 0 Å². The van der Waals surface area contributed by atoms with Crippen molar-refractivity contribution in [3.8, 4) is 5.75 Å². The lowest BCUT2D eigenvalue weighted by molar-refractivity contribution is 0.218. The molecule has 0 fully saturated rings. The van der Waals surface area contributed by atoms with Crippen molar-refractivity contribution in [3.05, 3.63) is 28.3 Å². The van der Waals surface area contributed by atoms with Gasteiger partial charge in [0.1, 0.15) is 5.75 Å². The molecule has 0 aromatic heterocycles. The molecule has 0 aliphatic carbocycles. The number of hydrogen-bond donors (Lipinski definition) is 2. The van der Waals surface area contributed by atoms with Crippen LogP contribution in [-0.2, 0) is 5.41 Å². The molecule has 1 aromatic rings. The van der Waals surface area contributed by atoms with Gasteiger partial charge in [0.2, 0.25) is 0 Å². The molecule has 0 bridgehead atoms. The Kier molecular flexibility index (Phi) is 3.07. The molecular weight excluding hydrogens is 200 g/mol. The number of aliphatic hydroxyl groups is 1. The molecule has 78 valence electrons. The highest BCUT2D eigenvalue weighted by Crippen LogP contribution is 2.36. The minimum atomic E-state index is -0.430. The average molecular weight is 215 g/mol. The number of aromatic hydroxyl groups is 1. The molecule has 0 amide bonds. The summed E-state index contributed by atoms with van der Waals surface area (Å²) in [6, 6.07) is 3.50. The largest absolute Gasteiger partial charge is 0.506 e. The van der Waals surface area contributed by atoms with Crippen LogP contribution in [0.25, 0.3) is 0 Å². The predicted octanol–water partition coefficient (Wildman–Crippen LogP) is 2.62. The van der Waals surface area contributed by atoms with Crippen LogP contribution in [0.3, 0.4) is 0 Å². The van der Waals surface area contributed by atoms with E-state index in [9.17, 15) is 10.2 Å². The minimum absolute atomic E-state index is 0.00435. The Hall–Kier alpha value is -0.730. The number of benzene rings is 1. The lowest BCUT2D eigenvalue weighted by Crippen LogP contribution is -2.22. The molecule has 2 nitrogen and oxygen atoms in total. The quantitative estimate of drug-likeness (QED) is 0.795. The summed E-state index contributed by atoms with van der Waals surface area (Å²) in [5.74, 6) is 0.0724. The van der Waals surface area contributed by atoms with Gasteiger partial charge in [-0.05, 0) is 24.1 Å². The Morgan fingerprint density at radius 3 is 2.43 bits per heavy atom. The summed E-state index contributed by atoms with van der Waals surface area (Å²) >= 11 is 5.97. The summed E-state index contributed by atoms with van der Waals surface area (Å²) in [7, 11) is 0. The van der Waals surface area contributed by atoms with Crippen molar-refractivity contribution < 1.29 is 10.2 Å². The second-order valence-electron chi connectivity index (χ2n) is 4.19. The molecule has 0 saturated heterocycles. The number of aliphatic hydroxyl groups excluding tert-OH is 1. The van der Waals surface area contributed by atoms with Gasteiger partial charge in [0, 0.05) is 5.41 Å². The molecule has 14 heavy (non-hydrogen) atoms. The van der Waals surface area contributed by atoms with Crippen molar-refractivity contribution in [1.29, 1.82) is 0 Å². The Labute approximate surface area is 89.1 Å². The minimum Gasteiger partial charge on any atom is -0.506 e. The van der Waals surface area contributed by atoms with Crippen molar-refractivity contribution in [3.63, 3.8) is 0 Å². The summed E-state index contributed by atoms with van der Waals surface area (Å²) in [6.45, 7) is 5.64. The summed E-state index contributed by atoms with van der Waals surface area (Å²) < 4.78 is 0. The molecule has 3 heteroatoms. The predicted molar refractivity (Wildman–Crippen MR) is 58.0 cm³/mol. The molecule has 0 aliphatic heterocycles. The number of rotatable bonds is 2. The molecule has 0 aliphatic rings. The number of aryl methyl sites for hydroxylation is 1.